The average molecular weight is 181 g/mol. The van der Waals surface area contributed by atoms with Gasteiger partial charge in [0.05, 0.1) is 11.1 Å². The van der Waals surface area contributed by atoms with Crippen LogP contribution in [-0.2, 0) is 0 Å². The van der Waals surface area contributed by atoms with Crippen molar-refractivity contribution >= 4 is 29.6 Å². The Morgan fingerprint density at radius 1 is 1.67 bits per heavy atom. The van der Waals surface area contributed by atoms with Crippen LogP contribution in [0.2, 0.25) is 5.04 Å². The smallest absolute Gasteiger partial charge is 0.198 e. The summed E-state index contributed by atoms with van der Waals surface area (Å²) >= 11 is 11.3. The van der Waals surface area contributed by atoms with Gasteiger partial charge in [0.2, 0.25) is 0 Å². The van der Waals surface area contributed by atoms with Crippen molar-refractivity contribution in [1.82, 2.24) is 0 Å². The summed E-state index contributed by atoms with van der Waals surface area (Å²) in [7, 11) is -1.49. The summed E-state index contributed by atoms with van der Waals surface area (Å²) in [6.45, 7) is 3.71. The standard InChI is InChI=1S/C5H8Cl2NSi/c1-3-5(2,4-8)9(6)7/h3H2,1-2H3. The first-order valence-corrected chi connectivity index (χ1v) is 6.19. The zero-order chi connectivity index (χ0) is 7.49. The minimum Gasteiger partial charge on any atom is -0.198 e. The largest absolute Gasteiger partial charge is 0.294 e. The van der Waals surface area contributed by atoms with Gasteiger partial charge in [0, 0.05) is 0 Å². The first-order valence-electron chi connectivity index (χ1n) is 2.66. The molecule has 0 aliphatic carbocycles. The summed E-state index contributed by atoms with van der Waals surface area (Å²) < 4.78 is 0. The quantitative estimate of drug-likeness (QED) is 0.474. The minimum absolute atomic E-state index is 0.478. The van der Waals surface area contributed by atoms with E-state index in [0.29, 0.717) is 0 Å². The molecule has 0 amide bonds. The molecule has 0 aliphatic rings. The van der Waals surface area contributed by atoms with Crippen molar-refractivity contribution in [3.8, 4) is 6.07 Å². The molecule has 4 heteroatoms. The normalized spacial score (nSPS) is 16.9. The van der Waals surface area contributed by atoms with Gasteiger partial charge in [-0.25, -0.2) is 0 Å². The van der Waals surface area contributed by atoms with E-state index in [1.54, 1.807) is 6.92 Å². The van der Waals surface area contributed by atoms with Gasteiger partial charge in [-0.2, -0.15) is 5.26 Å². The maximum atomic E-state index is 8.56. The Labute approximate surface area is 66.6 Å². The molecule has 1 atom stereocenters. The van der Waals surface area contributed by atoms with Crippen LogP contribution >= 0.6 is 22.2 Å². The van der Waals surface area contributed by atoms with E-state index in [2.05, 4.69) is 6.07 Å². The second-order valence-corrected chi connectivity index (χ2v) is 6.53. The maximum absolute atomic E-state index is 8.56. The predicted octanol–water partition coefficient (Wildman–Crippen LogP) is 2.65. The molecule has 0 rings (SSSR count). The molecule has 0 saturated carbocycles. The molecule has 0 spiro atoms. The Kier molecular flexibility index (Phi) is 3.56. The molecule has 0 aliphatic heterocycles. The minimum atomic E-state index is -1.49. The fourth-order valence-corrected chi connectivity index (χ4v) is 1.66. The Hall–Kier alpha value is 0.287. The number of rotatable bonds is 2. The Bertz CT molecular complexity index is 131. The first kappa shape index (κ1) is 9.29. The molecule has 0 fully saturated rings. The highest BCUT2D eigenvalue weighted by molar-refractivity contribution is 7.35. The molecule has 0 heterocycles. The monoisotopic (exact) mass is 180 g/mol. The molecular weight excluding hydrogens is 173 g/mol. The zero-order valence-electron chi connectivity index (χ0n) is 5.41. The lowest BCUT2D eigenvalue weighted by Gasteiger charge is -2.16. The van der Waals surface area contributed by atoms with E-state index in [4.69, 9.17) is 27.4 Å². The van der Waals surface area contributed by atoms with Crippen molar-refractivity contribution in [3.05, 3.63) is 0 Å². The number of hydrogen-bond acceptors (Lipinski definition) is 1. The van der Waals surface area contributed by atoms with E-state index in [9.17, 15) is 0 Å². The molecule has 0 aromatic carbocycles. The molecule has 0 saturated heterocycles. The predicted molar refractivity (Wildman–Crippen MR) is 41.7 cm³/mol. The fourth-order valence-electron chi connectivity index (χ4n) is 0.255. The Balaban J connectivity index is 4.14. The van der Waals surface area contributed by atoms with Crippen LogP contribution in [0.25, 0.3) is 0 Å². The third kappa shape index (κ3) is 2.17. The van der Waals surface area contributed by atoms with Crippen molar-refractivity contribution in [3.63, 3.8) is 0 Å². The molecule has 0 aromatic heterocycles. The topological polar surface area (TPSA) is 23.8 Å². The van der Waals surface area contributed by atoms with Gasteiger partial charge in [0.15, 0.2) is 0 Å². The molecule has 51 valence electrons. The van der Waals surface area contributed by atoms with Gasteiger partial charge in [-0.15, -0.1) is 22.2 Å². The Morgan fingerprint density at radius 3 is 2.11 bits per heavy atom. The van der Waals surface area contributed by atoms with Crippen molar-refractivity contribution in [2.24, 2.45) is 0 Å². The summed E-state index contributed by atoms with van der Waals surface area (Å²) in [5.41, 5.74) is 0. The highest BCUT2D eigenvalue weighted by atomic mass is 35.7. The van der Waals surface area contributed by atoms with E-state index in [-0.39, 0.29) is 0 Å². The second kappa shape index (κ2) is 3.45. The number of nitrogens with zero attached hydrogens (tertiary/aromatic N) is 1. The first-order chi connectivity index (χ1) is 4.06. The van der Waals surface area contributed by atoms with Crippen LogP contribution in [0.1, 0.15) is 20.3 Å². The van der Waals surface area contributed by atoms with E-state index < -0.39 is 12.5 Å². The maximum Gasteiger partial charge on any atom is 0.294 e. The summed E-state index contributed by atoms with van der Waals surface area (Å²) in [6.07, 6.45) is 0.727. The fraction of sp³-hybridized carbons (Fsp3) is 0.800. The van der Waals surface area contributed by atoms with Gasteiger partial charge in [0.25, 0.3) is 7.42 Å². The Morgan fingerprint density at radius 2 is 2.11 bits per heavy atom. The lowest BCUT2D eigenvalue weighted by Crippen LogP contribution is -2.17. The third-order valence-corrected chi connectivity index (χ3v) is 5.17. The molecular formula is C5H8Cl2NSi. The molecule has 0 bridgehead atoms. The summed E-state index contributed by atoms with van der Waals surface area (Å²) in [5, 5.41) is 8.08. The van der Waals surface area contributed by atoms with Crippen molar-refractivity contribution in [2.75, 3.05) is 0 Å². The van der Waals surface area contributed by atoms with Gasteiger partial charge in [0.1, 0.15) is 0 Å². The number of halogens is 2. The number of nitriles is 1. The molecule has 9 heavy (non-hydrogen) atoms. The van der Waals surface area contributed by atoms with Gasteiger partial charge in [-0.05, 0) is 13.3 Å². The average Bonchev–Trinajstić information content (AvgIpc) is 1.86. The molecule has 1 nitrogen and oxygen atoms in total. The molecule has 1 radical (unpaired) electrons. The summed E-state index contributed by atoms with van der Waals surface area (Å²) in [5.74, 6) is 0. The molecule has 1 unspecified atom stereocenters. The highest BCUT2D eigenvalue weighted by Gasteiger charge is 2.32. The SMILES string of the molecule is CCC(C)(C#N)[Si](Cl)Cl. The third-order valence-electron chi connectivity index (χ3n) is 1.37. The summed E-state index contributed by atoms with van der Waals surface area (Å²) in [6, 6.07) is 2.11. The van der Waals surface area contributed by atoms with Crippen LogP contribution in [0.4, 0.5) is 0 Å². The summed E-state index contributed by atoms with van der Waals surface area (Å²) in [4.78, 5) is 0. The lowest BCUT2D eigenvalue weighted by molar-refractivity contribution is 0.732. The molecule has 0 N–H and O–H groups in total. The molecule has 0 aromatic rings. The van der Waals surface area contributed by atoms with E-state index >= 15 is 0 Å². The van der Waals surface area contributed by atoms with Crippen molar-refractivity contribution in [2.45, 2.75) is 25.3 Å². The van der Waals surface area contributed by atoms with Crippen LogP contribution in [0, 0.1) is 11.3 Å². The van der Waals surface area contributed by atoms with Crippen LogP contribution < -0.4 is 0 Å². The van der Waals surface area contributed by atoms with Crippen LogP contribution in [0.3, 0.4) is 0 Å². The van der Waals surface area contributed by atoms with Crippen LogP contribution in [0.15, 0.2) is 0 Å². The number of hydrogen-bond donors (Lipinski definition) is 0. The van der Waals surface area contributed by atoms with Crippen molar-refractivity contribution < 1.29 is 0 Å². The van der Waals surface area contributed by atoms with Gasteiger partial charge in [-0.1, -0.05) is 6.92 Å². The van der Waals surface area contributed by atoms with Crippen LogP contribution in [-0.4, -0.2) is 7.42 Å². The van der Waals surface area contributed by atoms with E-state index in [1.165, 1.54) is 0 Å². The van der Waals surface area contributed by atoms with Crippen LogP contribution in [0.5, 0.6) is 0 Å². The van der Waals surface area contributed by atoms with E-state index in [1.807, 2.05) is 6.92 Å². The van der Waals surface area contributed by atoms with Crippen molar-refractivity contribution in [1.29, 1.82) is 5.26 Å². The highest BCUT2D eigenvalue weighted by Crippen LogP contribution is 2.35. The lowest BCUT2D eigenvalue weighted by atomic mass is 10.1. The van der Waals surface area contributed by atoms with E-state index in [0.717, 1.165) is 6.42 Å². The van der Waals surface area contributed by atoms with Gasteiger partial charge < -0.3 is 0 Å². The second-order valence-electron chi connectivity index (χ2n) is 2.06. The zero-order valence-corrected chi connectivity index (χ0v) is 7.92. The van der Waals surface area contributed by atoms with Gasteiger partial charge >= 0.3 is 0 Å². The van der Waals surface area contributed by atoms with Gasteiger partial charge in [-0.3, -0.25) is 0 Å².